The van der Waals surface area contributed by atoms with E-state index >= 15 is 0 Å². The maximum atomic E-state index is 14.0. The molecule has 0 fully saturated rings. The Bertz CT molecular complexity index is 1340. The number of hydrogen-bond acceptors (Lipinski definition) is 4. The molecule has 0 saturated heterocycles. The van der Waals surface area contributed by atoms with Gasteiger partial charge in [-0.15, -0.1) is 0 Å². The second-order valence-corrected chi connectivity index (χ2v) is 11.8. The number of sulfonamides is 1. The van der Waals surface area contributed by atoms with Crippen LogP contribution >= 0.6 is 0 Å². The third-order valence-corrected chi connectivity index (χ3v) is 8.46. The zero-order valence-corrected chi connectivity index (χ0v) is 24.2. The van der Waals surface area contributed by atoms with Gasteiger partial charge in [0.2, 0.25) is 11.8 Å². The molecule has 0 aromatic heterocycles. The lowest BCUT2D eigenvalue weighted by molar-refractivity contribution is -0.140. The molecule has 1 atom stereocenters. The number of aryl methyl sites for hydroxylation is 1. The van der Waals surface area contributed by atoms with Crippen molar-refractivity contribution in [3.63, 3.8) is 0 Å². The summed E-state index contributed by atoms with van der Waals surface area (Å²) < 4.78 is 29.0. The van der Waals surface area contributed by atoms with E-state index in [0.29, 0.717) is 18.7 Å². The highest BCUT2D eigenvalue weighted by Gasteiger charge is 2.33. The van der Waals surface area contributed by atoms with Crippen molar-refractivity contribution in [1.29, 1.82) is 0 Å². The Morgan fingerprint density at radius 1 is 0.872 bits per heavy atom. The van der Waals surface area contributed by atoms with Crippen LogP contribution in [0.25, 0.3) is 0 Å². The quantitative estimate of drug-likeness (QED) is 0.334. The predicted molar refractivity (Wildman–Crippen MR) is 156 cm³/mol. The van der Waals surface area contributed by atoms with Crippen molar-refractivity contribution in [3.05, 3.63) is 95.6 Å². The first-order valence-corrected chi connectivity index (χ1v) is 14.8. The van der Waals surface area contributed by atoms with E-state index < -0.39 is 28.5 Å². The van der Waals surface area contributed by atoms with Gasteiger partial charge in [-0.05, 0) is 61.6 Å². The van der Waals surface area contributed by atoms with Gasteiger partial charge in [0.05, 0.1) is 10.6 Å². The second kappa shape index (κ2) is 13.4. The smallest absolute Gasteiger partial charge is 0.264 e. The van der Waals surface area contributed by atoms with Gasteiger partial charge in [0.1, 0.15) is 12.6 Å². The molecule has 7 nitrogen and oxygen atoms in total. The molecule has 3 rings (SSSR count). The lowest BCUT2D eigenvalue weighted by Gasteiger charge is -2.33. The van der Waals surface area contributed by atoms with Crippen LogP contribution in [0.5, 0.6) is 0 Å². The molecular formula is C31H39N3O4S. The molecule has 0 heterocycles. The van der Waals surface area contributed by atoms with Crippen LogP contribution in [0.15, 0.2) is 83.8 Å². The zero-order chi connectivity index (χ0) is 28.6. The van der Waals surface area contributed by atoms with E-state index in [2.05, 4.69) is 19.2 Å². The van der Waals surface area contributed by atoms with Crippen LogP contribution in [-0.2, 0) is 26.2 Å². The summed E-state index contributed by atoms with van der Waals surface area (Å²) >= 11 is 0. The Hall–Kier alpha value is -3.65. The van der Waals surface area contributed by atoms with Gasteiger partial charge in [-0.25, -0.2) is 8.42 Å². The molecule has 0 aliphatic heterocycles. The van der Waals surface area contributed by atoms with Crippen LogP contribution in [0.1, 0.15) is 56.7 Å². The largest absolute Gasteiger partial charge is 0.355 e. The Morgan fingerprint density at radius 2 is 1.49 bits per heavy atom. The van der Waals surface area contributed by atoms with Gasteiger partial charge in [0, 0.05) is 13.1 Å². The summed E-state index contributed by atoms with van der Waals surface area (Å²) in [5, 5.41) is 2.82. The zero-order valence-electron chi connectivity index (χ0n) is 23.4. The van der Waals surface area contributed by atoms with Gasteiger partial charge in [-0.2, -0.15) is 0 Å². The Morgan fingerprint density at radius 3 is 2.03 bits per heavy atom. The predicted octanol–water partition coefficient (Wildman–Crippen LogP) is 5.26. The molecule has 3 aromatic carbocycles. The average Bonchev–Trinajstić information content (AvgIpc) is 2.92. The van der Waals surface area contributed by atoms with Crippen LogP contribution in [0.2, 0.25) is 0 Å². The van der Waals surface area contributed by atoms with Crippen molar-refractivity contribution in [2.24, 2.45) is 0 Å². The van der Waals surface area contributed by atoms with Crippen molar-refractivity contribution >= 4 is 27.5 Å². The molecule has 0 radical (unpaired) electrons. The van der Waals surface area contributed by atoms with Crippen LogP contribution < -0.4 is 9.62 Å². The lowest BCUT2D eigenvalue weighted by Crippen LogP contribution is -2.52. The minimum absolute atomic E-state index is 0.0965. The Balaban J connectivity index is 2.06. The molecular weight excluding hydrogens is 510 g/mol. The number of likely N-dealkylation sites (N-methyl/N-ethyl adjacent to an activating group) is 1. The molecule has 3 aromatic rings. The minimum atomic E-state index is -4.08. The third kappa shape index (κ3) is 7.47. The SMILES string of the molecule is CCNC(=O)[C@H](CC)N(Cc1ccccc1)C(=O)CN(c1ccc(C(C)C)cc1)S(=O)(=O)c1ccc(C)cc1. The molecule has 39 heavy (non-hydrogen) atoms. The van der Waals surface area contributed by atoms with E-state index in [1.807, 2.05) is 63.2 Å². The molecule has 208 valence electrons. The first-order valence-electron chi connectivity index (χ1n) is 13.4. The molecule has 2 amide bonds. The Labute approximate surface area is 232 Å². The number of anilines is 1. The van der Waals surface area contributed by atoms with Crippen molar-refractivity contribution in [2.75, 3.05) is 17.4 Å². The number of amides is 2. The molecule has 0 spiro atoms. The number of rotatable bonds is 12. The molecule has 8 heteroatoms. The van der Waals surface area contributed by atoms with Gasteiger partial charge in [-0.3, -0.25) is 13.9 Å². The molecule has 0 aliphatic carbocycles. The van der Waals surface area contributed by atoms with Crippen LogP contribution in [0.4, 0.5) is 5.69 Å². The molecule has 0 aliphatic rings. The summed E-state index contributed by atoms with van der Waals surface area (Å²) in [7, 11) is -4.08. The summed E-state index contributed by atoms with van der Waals surface area (Å²) in [6.07, 6.45) is 0.387. The first-order chi connectivity index (χ1) is 18.6. The molecule has 0 bridgehead atoms. The Kier molecular flexibility index (Phi) is 10.3. The van der Waals surface area contributed by atoms with E-state index in [0.717, 1.165) is 21.0 Å². The summed E-state index contributed by atoms with van der Waals surface area (Å²) in [6, 6.07) is 22.5. The third-order valence-electron chi connectivity index (χ3n) is 6.67. The fourth-order valence-electron chi connectivity index (χ4n) is 4.38. The fourth-order valence-corrected chi connectivity index (χ4v) is 5.80. The number of carbonyl (C=O) groups is 2. The van der Waals surface area contributed by atoms with Gasteiger partial charge in [0.25, 0.3) is 10.0 Å². The van der Waals surface area contributed by atoms with Crippen molar-refractivity contribution in [2.45, 2.75) is 64.4 Å². The lowest BCUT2D eigenvalue weighted by atomic mass is 10.0. The molecule has 0 unspecified atom stereocenters. The molecule has 0 saturated carbocycles. The molecule has 1 N–H and O–H groups in total. The summed E-state index contributed by atoms with van der Waals surface area (Å²) in [5.41, 5.74) is 3.23. The highest BCUT2D eigenvalue weighted by atomic mass is 32.2. The van der Waals surface area contributed by atoms with Crippen LogP contribution in [0.3, 0.4) is 0 Å². The monoisotopic (exact) mass is 549 g/mol. The normalized spacial score (nSPS) is 12.2. The van der Waals surface area contributed by atoms with E-state index in [1.54, 1.807) is 36.4 Å². The van der Waals surface area contributed by atoms with E-state index in [9.17, 15) is 18.0 Å². The maximum Gasteiger partial charge on any atom is 0.264 e. The van der Waals surface area contributed by atoms with E-state index in [4.69, 9.17) is 0 Å². The van der Waals surface area contributed by atoms with Gasteiger partial charge in [-0.1, -0.05) is 80.9 Å². The number of carbonyl (C=O) groups excluding carboxylic acids is 2. The topological polar surface area (TPSA) is 86.8 Å². The second-order valence-electron chi connectivity index (χ2n) is 9.90. The summed E-state index contributed by atoms with van der Waals surface area (Å²) in [5.74, 6) is -0.453. The average molecular weight is 550 g/mol. The fraction of sp³-hybridized carbons (Fsp3) is 0.355. The first kappa shape index (κ1) is 29.9. The van der Waals surface area contributed by atoms with Crippen molar-refractivity contribution in [1.82, 2.24) is 10.2 Å². The number of benzene rings is 3. The van der Waals surface area contributed by atoms with Crippen LogP contribution in [0, 0.1) is 6.92 Å². The number of nitrogens with zero attached hydrogens (tertiary/aromatic N) is 2. The maximum absolute atomic E-state index is 14.0. The van der Waals surface area contributed by atoms with E-state index in [1.165, 1.54) is 4.90 Å². The van der Waals surface area contributed by atoms with Crippen molar-refractivity contribution < 1.29 is 18.0 Å². The minimum Gasteiger partial charge on any atom is -0.355 e. The number of nitrogens with one attached hydrogen (secondary N) is 1. The van der Waals surface area contributed by atoms with Gasteiger partial charge in [0.15, 0.2) is 0 Å². The van der Waals surface area contributed by atoms with Gasteiger partial charge >= 0.3 is 0 Å². The summed E-state index contributed by atoms with van der Waals surface area (Å²) in [6.45, 7) is 9.84. The van der Waals surface area contributed by atoms with Crippen molar-refractivity contribution in [3.8, 4) is 0 Å². The highest BCUT2D eigenvalue weighted by molar-refractivity contribution is 7.92. The standard InChI is InChI=1S/C31H39N3O4S/c1-6-29(31(36)32-7-2)33(21-25-11-9-8-10-12-25)30(35)22-34(27-17-15-26(16-18-27)23(3)4)39(37,38)28-19-13-24(5)14-20-28/h8-20,23,29H,6-7,21-22H2,1-5H3,(H,32,36)/t29-/m0/s1. The summed E-state index contributed by atoms with van der Waals surface area (Å²) in [4.78, 5) is 28.6. The number of hydrogen-bond donors (Lipinski definition) is 1. The highest BCUT2D eigenvalue weighted by Crippen LogP contribution is 2.27. The van der Waals surface area contributed by atoms with Crippen LogP contribution in [-0.4, -0.2) is 44.3 Å². The van der Waals surface area contributed by atoms with E-state index in [-0.39, 0.29) is 23.3 Å². The van der Waals surface area contributed by atoms with Gasteiger partial charge < -0.3 is 10.2 Å².